The normalized spacial score (nSPS) is 29.3. The summed E-state index contributed by atoms with van der Waals surface area (Å²) < 4.78 is 7.89. The van der Waals surface area contributed by atoms with Crippen molar-refractivity contribution in [1.29, 1.82) is 0 Å². The van der Waals surface area contributed by atoms with Crippen LogP contribution in [-0.4, -0.2) is 33.5 Å². The van der Waals surface area contributed by atoms with E-state index in [1.807, 2.05) is 6.20 Å². The van der Waals surface area contributed by atoms with Crippen LogP contribution in [0.2, 0.25) is 0 Å². The quantitative estimate of drug-likeness (QED) is 0.809. The van der Waals surface area contributed by atoms with Crippen molar-refractivity contribution in [1.82, 2.24) is 9.55 Å². The highest BCUT2D eigenvalue weighted by Gasteiger charge is 2.23. The van der Waals surface area contributed by atoms with E-state index in [2.05, 4.69) is 9.55 Å². The number of hydrogen-bond donors (Lipinski definition) is 1. The van der Waals surface area contributed by atoms with Gasteiger partial charge in [0.1, 0.15) is 5.82 Å². The summed E-state index contributed by atoms with van der Waals surface area (Å²) in [6, 6.07) is 0. The molecule has 2 aliphatic heterocycles. The number of aromatic nitrogens is 2. The van der Waals surface area contributed by atoms with Crippen LogP contribution in [0.5, 0.6) is 0 Å². The van der Waals surface area contributed by atoms with Gasteiger partial charge in [-0.15, -0.1) is 0 Å². The van der Waals surface area contributed by atoms with E-state index in [0.29, 0.717) is 6.10 Å². The first kappa shape index (κ1) is 10.3. The number of aliphatic hydroxyl groups excluding tert-OH is 1. The second-order valence-electron chi connectivity index (χ2n) is 4.80. The Balaban J connectivity index is 1.75. The van der Waals surface area contributed by atoms with Crippen LogP contribution in [-0.2, 0) is 24.1 Å². The van der Waals surface area contributed by atoms with E-state index in [1.165, 1.54) is 12.1 Å². The first-order valence-electron chi connectivity index (χ1n) is 6.16. The number of imidazole rings is 1. The van der Waals surface area contributed by atoms with Gasteiger partial charge in [0.2, 0.25) is 0 Å². The molecule has 0 radical (unpaired) electrons. The second-order valence-corrected chi connectivity index (χ2v) is 4.80. The molecule has 0 spiro atoms. The van der Waals surface area contributed by atoms with Crippen molar-refractivity contribution in [2.45, 2.75) is 50.9 Å². The lowest BCUT2D eigenvalue weighted by Gasteiger charge is -2.21. The molecule has 4 heteroatoms. The molecule has 2 atom stereocenters. The van der Waals surface area contributed by atoms with Gasteiger partial charge in [-0.05, 0) is 19.3 Å². The van der Waals surface area contributed by atoms with E-state index in [4.69, 9.17) is 4.74 Å². The number of fused-ring (bicyclic) bond motifs is 1. The first-order chi connectivity index (χ1) is 7.83. The maximum atomic E-state index is 9.58. The Kier molecular flexibility index (Phi) is 2.69. The van der Waals surface area contributed by atoms with Gasteiger partial charge in [-0.25, -0.2) is 4.98 Å². The Bertz CT molecular complexity index is 369. The first-order valence-corrected chi connectivity index (χ1v) is 6.16. The van der Waals surface area contributed by atoms with Gasteiger partial charge in [-0.2, -0.15) is 0 Å². The molecule has 16 heavy (non-hydrogen) atoms. The zero-order chi connectivity index (χ0) is 11.0. The van der Waals surface area contributed by atoms with Gasteiger partial charge in [-0.3, -0.25) is 0 Å². The maximum absolute atomic E-state index is 9.58. The van der Waals surface area contributed by atoms with Gasteiger partial charge < -0.3 is 14.4 Å². The maximum Gasteiger partial charge on any atom is 0.111 e. The van der Waals surface area contributed by atoms with Crippen molar-refractivity contribution in [2.24, 2.45) is 0 Å². The molecule has 0 bridgehead atoms. The van der Waals surface area contributed by atoms with E-state index in [1.54, 1.807) is 0 Å². The fourth-order valence-corrected chi connectivity index (χ4v) is 2.68. The average molecular weight is 222 g/mol. The van der Waals surface area contributed by atoms with E-state index in [-0.39, 0.29) is 6.10 Å². The molecule has 0 amide bonds. The zero-order valence-corrected chi connectivity index (χ0v) is 9.43. The topological polar surface area (TPSA) is 47.3 Å². The number of aliphatic hydroxyl groups is 1. The van der Waals surface area contributed by atoms with Crippen molar-refractivity contribution in [3.8, 4) is 0 Å². The molecular formula is C12H18N2O2. The van der Waals surface area contributed by atoms with Crippen LogP contribution in [0.25, 0.3) is 0 Å². The number of nitrogens with zero attached hydrogens (tertiary/aromatic N) is 2. The Morgan fingerprint density at radius 2 is 2.44 bits per heavy atom. The average Bonchev–Trinajstić information content (AvgIpc) is 2.89. The van der Waals surface area contributed by atoms with Crippen LogP contribution in [0, 0.1) is 0 Å². The van der Waals surface area contributed by atoms with Crippen molar-refractivity contribution < 1.29 is 9.84 Å². The summed E-state index contributed by atoms with van der Waals surface area (Å²) in [5.41, 5.74) is 1.17. The van der Waals surface area contributed by atoms with Gasteiger partial charge in [-0.1, -0.05) is 0 Å². The number of rotatable bonds is 2. The molecule has 88 valence electrons. The molecule has 2 unspecified atom stereocenters. The lowest BCUT2D eigenvalue weighted by molar-refractivity contribution is 0.107. The number of ether oxygens (including phenoxy) is 1. The third-order valence-corrected chi connectivity index (χ3v) is 3.59. The van der Waals surface area contributed by atoms with Crippen molar-refractivity contribution in [2.75, 3.05) is 6.61 Å². The van der Waals surface area contributed by atoms with Crippen LogP contribution >= 0.6 is 0 Å². The Morgan fingerprint density at radius 3 is 3.25 bits per heavy atom. The smallest absolute Gasteiger partial charge is 0.111 e. The molecule has 3 rings (SSSR count). The van der Waals surface area contributed by atoms with E-state index in [9.17, 15) is 5.11 Å². The molecule has 0 saturated carbocycles. The minimum atomic E-state index is -0.181. The van der Waals surface area contributed by atoms with Crippen LogP contribution in [0.4, 0.5) is 0 Å². The van der Waals surface area contributed by atoms with Gasteiger partial charge >= 0.3 is 0 Å². The van der Waals surface area contributed by atoms with E-state index in [0.717, 1.165) is 44.7 Å². The van der Waals surface area contributed by atoms with Crippen molar-refractivity contribution in [3.63, 3.8) is 0 Å². The molecule has 0 aliphatic carbocycles. The minimum Gasteiger partial charge on any atom is -0.393 e. The van der Waals surface area contributed by atoms with Crippen molar-refractivity contribution in [3.05, 3.63) is 17.7 Å². The SMILES string of the molecule is OC1CCn2c(cnc2CC2CCCO2)C1. The van der Waals surface area contributed by atoms with Gasteiger partial charge in [0.05, 0.1) is 12.2 Å². The standard InChI is InChI=1S/C12H18N2O2/c15-10-3-4-14-9(6-10)8-13-12(14)7-11-2-1-5-16-11/h8,10-11,15H,1-7H2. The van der Waals surface area contributed by atoms with Gasteiger partial charge in [0.15, 0.2) is 0 Å². The number of hydrogen-bond acceptors (Lipinski definition) is 3. The van der Waals surface area contributed by atoms with Gasteiger partial charge in [0, 0.05) is 37.9 Å². The Labute approximate surface area is 95.3 Å². The lowest BCUT2D eigenvalue weighted by Crippen LogP contribution is -2.25. The Hall–Kier alpha value is -0.870. The predicted octanol–water partition coefficient (Wildman–Crippen LogP) is 0.912. The van der Waals surface area contributed by atoms with Crippen molar-refractivity contribution >= 4 is 0 Å². The molecule has 0 aromatic carbocycles. The molecule has 1 saturated heterocycles. The summed E-state index contributed by atoms with van der Waals surface area (Å²) >= 11 is 0. The highest BCUT2D eigenvalue weighted by atomic mass is 16.5. The molecule has 1 fully saturated rings. The van der Waals surface area contributed by atoms with E-state index < -0.39 is 0 Å². The predicted molar refractivity (Wildman–Crippen MR) is 59.2 cm³/mol. The summed E-state index contributed by atoms with van der Waals surface area (Å²) in [4.78, 5) is 4.47. The van der Waals surface area contributed by atoms with Crippen LogP contribution < -0.4 is 0 Å². The van der Waals surface area contributed by atoms with Crippen LogP contribution in [0.1, 0.15) is 30.8 Å². The fourth-order valence-electron chi connectivity index (χ4n) is 2.68. The molecule has 1 aromatic heterocycles. The summed E-state index contributed by atoms with van der Waals surface area (Å²) in [6.07, 6.45) is 6.95. The summed E-state index contributed by atoms with van der Waals surface area (Å²) in [5, 5.41) is 9.58. The monoisotopic (exact) mass is 222 g/mol. The largest absolute Gasteiger partial charge is 0.393 e. The summed E-state index contributed by atoms with van der Waals surface area (Å²) in [5.74, 6) is 1.13. The van der Waals surface area contributed by atoms with Crippen LogP contribution in [0.15, 0.2) is 6.20 Å². The third-order valence-electron chi connectivity index (χ3n) is 3.59. The van der Waals surface area contributed by atoms with Crippen LogP contribution in [0.3, 0.4) is 0 Å². The molecule has 4 nitrogen and oxygen atoms in total. The highest BCUT2D eigenvalue weighted by molar-refractivity contribution is 5.10. The molecule has 3 heterocycles. The van der Waals surface area contributed by atoms with E-state index >= 15 is 0 Å². The second kappa shape index (κ2) is 4.18. The summed E-state index contributed by atoms with van der Waals surface area (Å²) in [6.45, 7) is 1.80. The third kappa shape index (κ3) is 1.87. The molecule has 2 aliphatic rings. The molecular weight excluding hydrogens is 204 g/mol. The Morgan fingerprint density at radius 1 is 1.50 bits per heavy atom. The summed E-state index contributed by atoms with van der Waals surface area (Å²) in [7, 11) is 0. The molecule has 1 aromatic rings. The fraction of sp³-hybridized carbons (Fsp3) is 0.750. The minimum absolute atomic E-state index is 0.181. The highest BCUT2D eigenvalue weighted by Crippen LogP contribution is 2.21. The van der Waals surface area contributed by atoms with Gasteiger partial charge in [0.25, 0.3) is 0 Å². The lowest BCUT2D eigenvalue weighted by atomic mass is 10.1. The molecule has 1 N–H and O–H groups in total. The zero-order valence-electron chi connectivity index (χ0n) is 9.43.